The first-order chi connectivity index (χ1) is 6.29. The lowest BCUT2D eigenvalue weighted by Gasteiger charge is -2.21. The number of hydrogen-bond donors (Lipinski definition) is 1. The molecular formula is C9H17NO2S. The molecule has 0 heterocycles. The third kappa shape index (κ3) is 3.56. The van der Waals surface area contributed by atoms with Crippen LogP contribution in [0.25, 0.3) is 0 Å². The lowest BCUT2D eigenvalue weighted by Crippen LogP contribution is -2.35. The zero-order valence-electron chi connectivity index (χ0n) is 8.03. The third-order valence-electron chi connectivity index (χ3n) is 2.17. The largest absolute Gasteiger partial charge is 0.383 e. The molecular weight excluding hydrogens is 186 g/mol. The number of methoxy groups -OCH3 is 1. The second kappa shape index (κ2) is 5.50. The lowest BCUT2D eigenvalue weighted by molar-refractivity contribution is -0.131. The predicted octanol–water partition coefficient (Wildman–Crippen LogP) is 0.944. The van der Waals surface area contributed by atoms with E-state index < -0.39 is 0 Å². The highest BCUT2D eigenvalue weighted by atomic mass is 32.1. The topological polar surface area (TPSA) is 29.5 Å². The SMILES string of the molecule is COCCN(C(=O)CCS)C1CC1. The highest BCUT2D eigenvalue weighted by Crippen LogP contribution is 2.27. The van der Waals surface area contributed by atoms with E-state index in [-0.39, 0.29) is 5.91 Å². The van der Waals surface area contributed by atoms with Crippen LogP contribution < -0.4 is 0 Å². The highest BCUT2D eigenvalue weighted by Gasteiger charge is 2.31. The summed E-state index contributed by atoms with van der Waals surface area (Å²) >= 11 is 4.06. The summed E-state index contributed by atoms with van der Waals surface area (Å²) in [5, 5.41) is 0. The van der Waals surface area contributed by atoms with Crippen molar-refractivity contribution < 1.29 is 9.53 Å². The molecule has 0 N–H and O–H groups in total. The van der Waals surface area contributed by atoms with Gasteiger partial charge in [-0.1, -0.05) is 0 Å². The standard InChI is InChI=1S/C9H17NO2S/c1-12-6-5-10(8-2-3-8)9(11)4-7-13/h8,13H,2-7H2,1H3. The molecule has 0 aromatic heterocycles. The van der Waals surface area contributed by atoms with Crippen molar-refractivity contribution in [3.63, 3.8) is 0 Å². The molecule has 4 heteroatoms. The van der Waals surface area contributed by atoms with Gasteiger partial charge >= 0.3 is 0 Å². The summed E-state index contributed by atoms with van der Waals surface area (Å²) in [6.45, 7) is 1.36. The summed E-state index contributed by atoms with van der Waals surface area (Å²) in [6, 6.07) is 0.488. The first kappa shape index (κ1) is 10.9. The Bertz CT molecular complexity index is 171. The van der Waals surface area contributed by atoms with E-state index in [1.807, 2.05) is 4.90 Å². The number of amides is 1. The van der Waals surface area contributed by atoms with Gasteiger partial charge in [-0.15, -0.1) is 0 Å². The maximum absolute atomic E-state index is 11.6. The Hall–Kier alpha value is -0.220. The van der Waals surface area contributed by atoms with Gasteiger partial charge in [0.25, 0.3) is 0 Å². The van der Waals surface area contributed by atoms with Crippen molar-refractivity contribution >= 4 is 18.5 Å². The van der Waals surface area contributed by atoms with Crippen LogP contribution in [-0.4, -0.2) is 42.9 Å². The molecule has 1 aliphatic carbocycles. The molecule has 0 aliphatic heterocycles. The van der Waals surface area contributed by atoms with Crippen LogP contribution in [0.3, 0.4) is 0 Å². The van der Waals surface area contributed by atoms with Gasteiger partial charge < -0.3 is 9.64 Å². The monoisotopic (exact) mass is 203 g/mol. The molecule has 0 aromatic carbocycles. The van der Waals surface area contributed by atoms with Gasteiger partial charge in [0.05, 0.1) is 6.61 Å². The fraction of sp³-hybridized carbons (Fsp3) is 0.889. The highest BCUT2D eigenvalue weighted by molar-refractivity contribution is 7.80. The van der Waals surface area contributed by atoms with Crippen LogP contribution in [0.15, 0.2) is 0 Å². The van der Waals surface area contributed by atoms with Gasteiger partial charge in [0.2, 0.25) is 5.91 Å². The second-order valence-electron chi connectivity index (χ2n) is 3.28. The van der Waals surface area contributed by atoms with Crippen molar-refractivity contribution in [1.29, 1.82) is 0 Å². The first-order valence-electron chi connectivity index (χ1n) is 4.69. The Morgan fingerprint density at radius 1 is 1.62 bits per heavy atom. The molecule has 0 spiro atoms. The summed E-state index contributed by atoms with van der Waals surface area (Å²) in [7, 11) is 1.66. The van der Waals surface area contributed by atoms with Gasteiger partial charge in [-0.3, -0.25) is 4.79 Å². The van der Waals surface area contributed by atoms with E-state index >= 15 is 0 Å². The van der Waals surface area contributed by atoms with E-state index in [9.17, 15) is 4.79 Å². The van der Waals surface area contributed by atoms with Gasteiger partial charge in [0.1, 0.15) is 0 Å². The van der Waals surface area contributed by atoms with Crippen LogP contribution in [0.5, 0.6) is 0 Å². The average Bonchev–Trinajstić information content (AvgIpc) is 2.89. The Kier molecular flexibility index (Phi) is 4.59. The van der Waals surface area contributed by atoms with Crippen molar-refractivity contribution in [3.05, 3.63) is 0 Å². The minimum Gasteiger partial charge on any atom is -0.383 e. The van der Waals surface area contributed by atoms with Crippen LogP contribution in [0.2, 0.25) is 0 Å². The molecule has 1 amide bonds. The normalized spacial score (nSPS) is 15.8. The maximum Gasteiger partial charge on any atom is 0.223 e. The Balaban J connectivity index is 2.32. The molecule has 0 unspecified atom stereocenters. The van der Waals surface area contributed by atoms with Crippen LogP contribution in [0.1, 0.15) is 19.3 Å². The number of hydrogen-bond acceptors (Lipinski definition) is 3. The summed E-state index contributed by atoms with van der Waals surface area (Å²) in [6.07, 6.45) is 2.85. The molecule has 0 bridgehead atoms. The number of carbonyl (C=O) groups excluding carboxylic acids is 1. The Morgan fingerprint density at radius 2 is 2.31 bits per heavy atom. The molecule has 0 radical (unpaired) electrons. The number of thiol groups is 1. The van der Waals surface area contributed by atoms with Crippen molar-refractivity contribution in [2.45, 2.75) is 25.3 Å². The Labute approximate surface area is 84.8 Å². The van der Waals surface area contributed by atoms with E-state index in [0.29, 0.717) is 24.8 Å². The number of rotatable bonds is 6. The Morgan fingerprint density at radius 3 is 2.77 bits per heavy atom. The van der Waals surface area contributed by atoms with Crippen molar-refractivity contribution in [1.82, 2.24) is 4.90 Å². The van der Waals surface area contributed by atoms with Gasteiger partial charge in [0.15, 0.2) is 0 Å². The van der Waals surface area contributed by atoms with Gasteiger partial charge in [-0.25, -0.2) is 0 Å². The van der Waals surface area contributed by atoms with Crippen molar-refractivity contribution in [2.24, 2.45) is 0 Å². The number of carbonyl (C=O) groups is 1. The van der Waals surface area contributed by atoms with E-state index in [2.05, 4.69) is 12.6 Å². The third-order valence-corrected chi connectivity index (χ3v) is 2.39. The van der Waals surface area contributed by atoms with Crippen molar-refractivity contribution in [2.75, 3.05) is 26.0 Å². The molecule has 1 saturated carbocycles. The van der Waals surface area contributed by atoms with E-state index in [4.69, 9.17) is 4.74 Å². The summed E-state index contributed by atoms with van der Waals surface area (Å²) in [4.78, 5) is 13.5. The summed E-state index contributed by atoms with van der Waals surface area (Å²) in [5.74, 6) is 0.851. The molecule has 76 valence electrons. The fourth-order valence-corrected chi connectivity index (χ4v) is 1.52. The molecule has 0 saturated heterocycles. The average molecular weight is 203 g/mol. The molecule has 0 atom stereocenters. The van der Waals surface area contributed by atoms with Gasteiger partial charge in [-0.2, -0.15) is 12.6 Å². The molecule has 1 aliphatic rings. The predicted molar refractivity (Wildman–Crippen MR) is 55.1 cm³/mol. The zero-order valence-corrected chi connectivity index (χ0v) is 8.93. The molecule has 0 aromatic rings. The van der Waals surface area contributed by atoms with Crippen molar-refractivity contribution in [3.8, 4) is 0 Å². The lowest BCUT2D eigenvalue weighted by atomic mass is 10.3. The first-order valence-corrected chi connectivity index (χ1v) is 5.32. The van der Waals surface area contributed by atoms with Crippen LogP contribution in [0.4, 0.5) is 0 Å². The second-order valence-corrected chi connectivity index (χ2v) is 3.73. The van der Waals surface area contributed by atoms with Crippen LogP contribution in [0, 0.1) is 0 Å². The van der Waals surface area contributed by atoms with E-state index in [1.165, 1.54) is 0 Å². The molecule has 1 fully saturated rings. The number of ether oxygens (including phenoxy) is 1. The van der Waals surface area contributed by atoms with Gasteiger partial charge in [-0.05, 0) is 18.6 Å². The fourth-order valence-electron chi connectivity index (χ4n) is 1.33. The van der Waals surface area contributed by atoms with E-state index in [1.54, 1.807) is 7.11 Å². The minimum absolute atomic E-state index is 0.217. The quantitative estimate of drug-likeness (QED) is 0.651. The molecule has 3 nitrogen and oxygen atoms in total. The molecule has 1 rings (SSSR count). The zero-order chi connectivity index (χ0) is 9.68. The smallest absolute Gasteiger partial charge is 0.223 e. The molecule has 13 heavy (non-hydrogen) atoms. The summed E-state index contributed by atoms with van der Waals surface area (Å²) in [5.41, 5.74) is 0. The minimum atomic E-state index is 0.217. The van der Waals surface area contributed by atoms with E-state index in [0.717, 1.165) is 19.4 Å². The maximum atomic E-state index is 11.6. The number of nitrogens with zero attached hydrogens (tertiary/aromatic N) is 1. The van der Waals surface area contributed by atoms with Crippen LogP contribution in [-0.2, 0) is 9.53 Å². The van der Waals surface area contributed by atoms with Crippen LogP contribution >= 0.6 is 12.6 Å². The van der Waals surface area contributed by atoms with Gasteiger partial charge in [0, 0.05) is 26.1 Å². The summed E-state index contributed by atoms with van der Waals surface area (Å²) < 4.78 is 4.97.